The topological polar surface area (TPSA) is 128 Å². The van der Waals surface area contributed by atoms with Crippen LogP contribution in [0.3, 0.4) is 0 Å². The highest BCUT2D eigenvalue weighted by Gasteiger charge is 2.56. The highest BCUT2D eigenvalue weighted by atomic mass is 32.1. The Kier molecular flexibility index (Phi) is 6.86. The van der Waals surface area contributed by atoms with Crippen molar-refractivity contribution < 1.29 is 36.3 Å². The minimum Gasteiger partial charge on any atom is -0.415 e. The lowest BCUT2D eigenvalue weighted by molar-refractivity contribution is -0.117. The van der Waals surface area contributed by atoms with E-state index < -0.39 is 42.4 Å². The van der Waals surface area contributed by atoms with Gasteiger partial charge in [-0.3, -0.25) is 14.2 Å². The second kappa shape index (κ2) is 10.3. The molecule has 3 N–H and O–H groups in total. The van der Waals surface area contributed by atoms with E-state index in [0.717, 1.165) is 4.88 Å². The standard InChI is InChI=1S/C24H25F5N8O3S/c1-36-16(6-17(35-36)40-22(26)27)32-23-34-31-9-37(23)11-2-3-15-13(4-11)18(20(39)30-8-10-7-24(10,28)29)21(41-15)33-19(38)12-5-14(12)25/h6,9-12,14,22H,2-5,7-8H2,1H3,(H,30,39)(H,32,34)(H,33,38)/t10-,11-,12-,14-/m0/s1. The maximum Gasteiger partial charge on any atom is 0.388 e. The molecule has 0 unspecified atom stereocenters. The number of anilines is 3. The summed E-state index contributed by atoms with van der Waals surface area (Å²) in [5.41, 5.74) is 0.841. The van der Waals surface area contributed by atoms with Crippen LogP contribution >= 0.6 is 11.3 Å². The molecule has 6 rings (SSSR count). The molecular formula is C24H25F5N8O3S. The molecular weight excluding hydrogens is 575 g/mol. The third-order valence-corrected chi connectivity index (χ3v) is 8.69. The lowest BCUT2D eigenvalue weighted by Crippen LogP contribution is -2.29. The van der Waals surface area contributed by atoms with Crippen molar-refractivity contribution in [3.05, 3.63) is 28.4 Å². The third-order valence-electron chi connectivity index (χ3n) is 7.49. The zero-order chi connectivity index (χ0) is 29.1. The first kappa shape index (κ1) is 27.4. The van der Waals surface area contributed by atoms with Crippen LogP contribution in [0.4, 0.5) is 38.7 Å². The van der Waals surface area contributed by atoms with Gasteiger partial charge in [0.1, 0.15) is 23.3 Å². The van der Waals surface area contributed by atoms with Gasteiger partial charge in [0.25, 0.3) is 11.8 Å². The van der Waals surface area contributed by atoms with Crippen molar-refractivity contribution in [1.82, 2.24) is 29.9 Å². The Morgan fingerprint density at radius 3 is 2.76 bits per heavy atom. The highest BCUT2D eigenvalue weighted by molar-refractivity contribution is 7.17. The van der Waals surface area contributed by atoms with Crippen molar-refractivity contribution in [3.8, 4) is 5.88 Å². The monoisotopic (exact) mass is 600 g/mol. The van der Waals surface area contributed by atoms with Gasteiger partial charge < -0.3 is 20.7 Å². The Balaban J connectivity index is 1.24. The fraction of sp³-hybridized carbons (Fsp3) is 0.542. The van der Waals surface area contributed by atoms with Crippen molar-refractivity contribution in [2.45, 2.75) is 56.9 Å². The average Bonchev–Trinajstić information content (AvgIpc) is 3.53. The molecule has 220 valence electrons. The number of nitrogens with one attached hydrogen (secondary N) is 3. The molecule has 3 aliphatic rings. The Labute approximate surface area is 233 Å². The number of nitrogens with zero attached hydrogens (tertiary/aromatic N) is 5. The zero-order valence-electron chi connectivity index (χ0n) is 21.5. The van der Waals surface area contributed by atoms with Crippen LogP contribution < -0.4 is 20.7 Å². The van der Waals surface area contributed by atoms with E-state index in [2.05, 4.69) is 36.0 Å². The molecule has 3 heterocycles. The largest absolute Gasteiger partial charge is 0.415 e. The zero-order valence-corrected chi connectivity index (χ0v) is 22.4. The second-order valence-electron chi connectivity index (χ2n) is 10.4. The van der Waals surface area contributed by atoms with Crippen molar-refractivity contribution in [1.29, 1.82) is 0 Å². The summed E-state index contributed by atoms with van der Waals surface area (Å²) in [4.78, 5) is 26.7. The van der Waals surface area contributed by atoms with E-state index in [1.54, 1.807) is 4.57 Å². The number of alkyl halides is 5. The van der Waals surface area contributed by atoms with Gasteiger partial charge in [0.05, 0.1) is 11.5 Å². The van der Waals surface area contributed by atoms with E-state index >= 15 is 0 Å². The molecule has 0 bridgehead atoms. The maximum absolute atomic E-state index is 13.5. The lowest BCUT2D eigenvalue weighted by atomic mass is 9.91. The van der Waals surface area contributed by atoms with Crippen LogP contribution in [0.15, 0.2) is 12.4 Å². The summed E-state index contributed by atoms with van der Waals surface area (Å²) in [7, 11) is 1.53. The normalized spacial score (nSPS) is 24.1. The number of amides is 2. The lowest BCUT2D eigenvalue weighted by Gasteiger charge is -2.25. The average molecular weight is 601 g/mol. The Bertz CT molecular complexity index is 1490. The molecule has 2 amide bonds. The third kappa shape index (κ3) is 5.58. The molecule has 3 aromatic rings. The van der Waals surface area contributed by atoms with Crippen LogP contribution in [0.1, 0.15) is 46.1 Å². The summed E-state index contributed by atoms with van der Waals surface area (Å²) >= 11 is 1.22. The summed E-state index contributed by atoms with van der Waals surface area (Å²) in [6, 6.07) is 1.03. The predicted octanol–water partition coefficient (Wildman–Crippen LogP) is 3.83. The van der Waals surface area contributed by atoms with Gasteiger partial charge in [0, 0.05) is 42.9 Å². The molecule has 4 atom stereocenters. The highest BCUT2D eigenvalue weighted by Crippen LogP contribution is 2.48. The fourth-order valence-corrected chi connectivity index (χ4v) is 6.23. The number of hydrogen-bond donors (Lipinski definition) is 3. The molecule has 3 aliphatic carbocycles. The quantitative estimate of drug-likeness (QED) is 0.302. The van der Waals surface area contributed by atoms with Crippen LogP contribution in [-0.2, 0) is 24.7 Å². The van der Waals surface area contributed by atoms with Gasteiger partial charge in [-0.1, -0.05) is 0 Å². The Morgan fingerprint density at radius 1 is 1.32 bits per heavy atom. The first-order valence-corrected chi connectivity index (χ1v) is 13.7. The predicted molar refractivity (Wildman–Crippen MR) is 136 cm³/mol. The van der Waals surface area contributed by atoms with Gasteiger partial charge in [0.15, 0.2) is 0 Å². The smallest absolute Gasteiger partial charge is 0.388 e. The van der Waals surface area contributed by atoms with Crippen molar-refractivity contribution in [2.24, 2.45) is 18.9 Å². The molecule has 41 heavy (non-hydrogen) atoms. The summed E-state index contributed by atoms with van der Waals surface area (Å²) in [5, 5.41) is 20.5. The number of aryl methyl sites for hydroxylation is 2. The number of thiophene rings is 1. The molecule has 0 radical (unpaired) electrons. The molecule has 0 aromatic carbocycles. The number of hydrogen-bond acceptors (Lipinski definition) is 8. The van der Waals surface area contributed by atoms with Gasteiger partial charge in [-0.15, -0.1) is 26.6 Å². The van der Waals surface area contributed by atoms with E-state index in [4.69, 9.17) is 0 Å². The maximum atomic E-state index is 13.5. The van der Waals surface area contributed by atoms with Crippen LogP contribution in [-0.4, -0.2) is 61.6 Å². The van der Waals surface area contributed by atoms with Crippen molar-refractivity contribution in [2.75, 3.05) is 17.2 Å². The molecule has 17 heteroatoms. The van der Waals surface area contributed by atoms with Crippen LogP contribution in [0, 0.1) is 11.8 Å². The summed E-state index contributed by atoms with van der Waals surface area (Å²) < 4.78 is 72.9. The van der Waals surface area contributed by atoms with Crippen molar-refractivity contribution in [3.63, 3.8) is 0 Å². The van der Waals surface area contributed by atoms with Crippen LogP contribution in [0.25, 0.3) is 0 Å². The van der Waals surface area contributed by atoms with Crippen LogP contribution in [0.5, 0.6) is 5.88 Å². The van der Waals surface area contributed by atoms with Gasteiger partial charge in [-0.25, -0.2) is 17.9 Å². The number of fused-ring (bicyclic) bond motifs is 1. The minimum absolute atomic E-state index is 0.118. The van der Waals surface area contributed by atoms with E-state index in [1.165, 1.54) is 35.5 Å². The minimum atomic E-state index is -3.03. The van der Waals surface area contributed by atoms with Gasteiger partial charge in [-0.2, -0.15) is 8.78 Å². The second-order valence-corrected chi connectivity index (χ2v) is 11.5. The Morgan fingerprint density at radius 2 is 2.07 bits per heavy atom. The SMILES string of the molecule is Cn1nc(OC(F)F)cc1Nc1nncn1[C@H]1CCc2sc(NC(=O)[C@H]3C[C@@H]3F)c(C(=O)NC[C@@H]3CC3(F)F)c2C1. The molecule has 0 aliphatic heterocycles. The fourth-order valence-electron chi connectivity index (χ4n) is 4.99. The summed E-state index contributed by atoms with van der Waals surface area (Å²) in [5.74, 6) is -5.29. The number of rotatable bonds is 10. The van der Waals surface area contributed by atoms with Gasteiger partial charge >= 0.3 is 6.61 Å². The number of ether oxygens (including phenoxy) is 1. The molecule has 2 fully saturated rings. The molecule has 0 saturated heterocycles. The number of carbonyl (C=O) groups excluding carboxylic acids is 2. The number of halogens is 5. The first-order chi connectivity index (χ1) is 19.5. The number of aromatic nitrogens is 5. The molecule has 3 aromatic heterocycles. The van der Waals surface area contributed by atoms with Crippen molar-refractivity contribution >= 4 is 39.9 Å². The van der Waals surface area contributed by atoms with E-state index in [0.29, 0.717) is 36.6 Å². The summed E-state index contributed by atoms with van der Waals surface area (Å²) in [6.45, 7) is -3.24. The van der Waals surface area contributed by atoms with E-state index in [9.17, 15) is 31.5 Å². The van der Waals surface area contributed by atoms with Gasteiger partial charge in [-0.05, 0) is 31.2 Å². The molecule has 11 nitrogen and oxygen atoms in total. The Hall–Kier alpha value is -3.76. The summed E-state index contributed by atoms with van der Waals surface area (Å²) in [6.07, 6.45) is 1.57. The van der Waals surface area contributed by atoms with Gasteiger partial charge in [0.2, 0.25) is 17.7 Å². The first-order valence-electron chi connectivity index (χ1n) is 12.9. The molecule has 2 saturated carbocycles. The van der Waals surface area contributed by atoms with E-state index in [-0.39, 0.29) is 41.9 Å². The van der Waals surface area contributed by atoms with Crippen LogP contribution in [0.2, 0.25) is 0 Å². The number of carbonyl (C=O) groups is 2. The van der Waals surface area contributed by atoms with E-state index in [1.807, 2.05) is 0 Å². The molecule has 0 spiro atoms.